The average molecular weight is 450 g/mol. The summed E-state index contributed by atoms with van der Waals surface area (Å²) < 4.78 is 22.3. The lowest BCUT2D eigenvalue weighted by Crippen LogP contribution is -2.77. The van der Waals surface area contributed by atoms with Crippen molar-refractivity contribution in [2.45, 2.75) is 118 Å². The molecular formula is C21H51NO3Si3. The summed E-state index contributed by atoms with van der Waals surface area (Å²) in [5.41, 5.74) is 0.203. The van der Waals surface area contributed by atoms with Crippen LogP contribution < -0.4 is 0 Å². The van der Waals surface area contributed by atoms with Gasteiger partial charge in [-0.3, -0.25) is 0 Å². The van der Waals surface area contributed by atoms with E-state index in [1.54, 1.807) is 0 Å². The third kappa shape index (κ3) is 5.80. The first kappa shape index (κ1) is 28.5. The molecule has 0 fully saturated rings. The highest BCUT2D eigenvalue weighted by molar-refractivity contribution is 6.94. The van der Waals surface area contributed by atoms with Gasteiger partial charge in [0.05, 0.1) is 5.67 Å². The van der Waals surface area contributed by atoms with Crippen LogP contribution in [0.2, 0.25) is 36.3 Å². The van der Waals surface area contributed by atoms with E-state index in [1.165, 1.54) is 0 Å². The molecule has 4 nitrogen and oxygen atoms in total. The van der Waals surface area contributed by atoms with E-state index >= 15 is 0 Å². The normalized spacial score (nSPS) is 16.0. The van der Waals surface area contributed by atoms with Gasteiger partial charge in [-0.05, 0) is 37.3 Å². The van der Waals surface area contributed by atoms with Gasteiger partial charge < -0.3 is 17.5 Å². The van der Waals surface area contributed by atoms with Gasteiger partial charge in [-0.2, -0.15) is 0 Å². The summed E-state index contributed by atoms with van der Waals surface area (Å²) >= 11 is 0. The van der Waals surface area contributed by atoms with Gasteiger partial charge in [0.25, 0.3) is 0 Å². The van der Waals surface area contributed by atoms with E-state index in [1.807, 2.05) is 0 Å². The first-order valence-electron chi connectivity index (χ1n) is 11.2. The van der Waals surface area contributed by atoms with Crippen molar-refractivity contribution in [1.82, 2.24) is 4.23 Å². The van der Waals surface area contributed by atoms with Gasteiger partial charge in [0.2, 0.25) is 0 Å². The fraction of sp³-hybridized carbons (Fsp3) is 1.00. The molecule has 0 aromatic carbocycles. The third-order valence-electron chi connectivity index (χ3n) is 7.02. The number of hydrogen-bond acceptors (Lipinski definition) is 4. The van der Waals surface area contributed by atoms with E-state index in [2.05, 4.69) is 99.7 Å². The highest BCUT2D eigenvalue weighted by Gasteiger charge is 2.61. The van der Waals surface area contributed by atoms with Gasteiger partial charge in [-0.25, -0.2) is 0 Å². The second-order valence-electron chi connectivity index (χ2n) is 10.8. The Morgan fingerprint density at radius 1 is 0.643 bits per heavy atom. The Morgan fingerprint density at radius 2 is 0.929 bits per heavy atom. The molecule has 0 spiro atoms. The van der Waals surface area contributed by atoms with Crippen LogP contribution in [-0.4, -0.2) is 55.0 Å². The van der Waals surface area contributed by atoms with E-state index in [9.17, 15) is 0 Å². The van der Waals surface area contributed by atoms with E-state index in [-0.39, 0.29) is 15.7 Å². The van der Waals surface area contributed by atoms with Crippen molar-refractivity contribution in [1.29, 1.82) is 0 Å². The second kappa shape index (κ2) is 10.2. The molecule has 1 atom stereocenters. The maximum atomic E-state index is 6.46. The molecule has 0 bridgehead atoms. The first-order valence-corrected chi connectivity index (χ1v) is 18.9. The zero-order valence-corrected chi connectivity index (χ0v) is 24.6. The fourth-order valence-corrected chi connectivity index (χ4v) is 20.5. The smallest absolute Gasteiger partial charge is 0.373 e. The van der Waals surface area contributed by atoms with Gasteiger partial charge in [-0.1, -0.05) is 74.7 Å². The zero-order valence-electron chi connectivity index (χ0n) is 21.6. The van der Waals surface area contributed by atoms with Crippen molar-refractivity contribution in [2.24, 2.45) is 0 Å². The van der Waals surface area contributed by atoms with Crippen molar-refractivity contribution < 1.29 is 13.3 Å². The number of hydrogen-bond donors (Lipinski definition) is 0. The predicted octanol–water partition coefficient (Wildman–Crippen LogP) is 6.67. The molecule has 0 aliphatic carbocycles. The summed E-state index contributed by atoms with van der Waals surface area (Å²) in [5.74, 6) is 0. The molecule has 0 aliphatic heterocycles. The van der Waals surface area contributed by atoms with Crippen molar-refractivity contribution in [3.8, 4) is 0 Å². The minimum atomic E-state index is -2.87. The molecule has 28 heavy (non-hydrogen) atoms. The Bertz CT molecular complexity index is 427. The highest BCUT2D eigenvalue weighted by Crippen LogP contribution is 2.49. The summed E-state index contributed by atoms with van der Waals surface area (Å²) in [6, 6.07) is 0. The summed E-state index contributed by atoms with van der Waals surface area (Å²) in [6.45, 7) is 35.0. The van der Waals surface area contributed by atoms with Crippen LogP contribution >= 0.6 is 0 Å². The minimum Gasteiger partial charge on any atom is -0.373 e. The first-order chi connectivity index (χ1) is 12.5. The molecular weight excluding hydrogens is 398 g/mol. The van der Waals surface area contributed by atoms with Gasteiger partial charge in [0, 0.05) is 19.8 Å². The van der Waals surface area contributed by atoms with E-state index in [0.717, 1.165) is 6.42 Å². The Balaban J connectivity index is 6.88. The Labute approximate surface area is 180 Å². The average Bonchev–Trinajstić information content (AvgIpc) is 2.50. The van der Waals surface area contributed by atoms with E-state index in [4.69, 9.17) is 13.3 Å². The Kier molecular flexibility index (Phi) is 10.4. The van der Waals surface area contributed by atoms with Crippen LogP contribution in [0.25, 0.3) is 0 Å². The molecule has 0 aromatic rings. The monoisotopic (exact) mass is 449 g/mol. The zero-order chi connectivity index (χ0) is 22.6. The van der Waals surface area contributed by atoms with Crippen molar-refractivity contribution >= 4 is 25.3 Å². The summed E-state index contributed by atoms with van der Waals surface area (Å²) in [6.07, 6.45) is 0.991. The maximum absolute atomic E-state index is 6.46. The van der Waals surface area contributed by atoms with E-state index in [0.29, 0.717) is 19.8 Å². The van der Waals surface area contributed by atoms with Crippen molar-refractivity contribution in [3.05, 3.63) is 0 Å². The SMILES string of the molecule is CCO[Si](OCC)(OCC)C(CC)N([Si](C)(C)C(C)(C)C)[Si](C)(C)C(C)(C)C. The molecule has 0 saturated carbocycles. The van der Waals surface area contributed by atoms with Crippen LogP contribution in [0.5, 0.6) is 0 Å². The van der Waals surface area contributed by atoms with Crippen LogP contribution in [0.3, 0.4) is 0 Å². The summed E-state index contributed by atoms with van der Waals surface area (Å²) in [7, 11) is -6.61. The van der Waals surface area contributed by atoms with Crippen LogP contribution in [0, 0.1) is 0 Å². The van der Waals surface area contributed by atoms with Gasteiger partial charge in [0.1, 0.15) is 16.5 Å². The van der Waals surface area contributed by atoms with Crippen molar-refractivity contribution in [2.75, 3.05) is 19.8 Å². The Morgan fingerprint density at radius 3 is 1.11 bits per heavy atom. The lowest BCUT2D eigenvalue weighted by atomic mass is 10.2. The number of rotatable bonds is 11. The lowest BCUT2D eigenvalue weighted by molar-refractivity contribution is 0.0515. The standard InChI is InChI=1S/C21H51NO3Si3/c1-15-19(28(23-16-2,24-17-3)25-18-4)22(26(11,12)20(5,6)7)27(13,14)21(8,9)10/h19H,15-18H2,1-14H3. The quantitative estimate of drug-likeness (QED) is 0.330. The lowest BCUT2D eigenvalue weighted by Gasteiger charge is -2.61. The maximum Gasteiger partial charge on any atom is 0.517 e. The molecule has 1 unspecified atom stereocenters. The molecule has 0 amide bonds. The number of nitrogens with zero attached hydrogens (tertiary/aromatic N) is 1. The molecule has 0 heterocycles. The molecule has 0 radical (unpaired) electrons. The molecule has 7 heteroatoms. The van der Waals surface area contributed by atoms with Crippen LogP contribution in [0.1, 0.15) is 75.7 Å². The molecule has 0 aliphatic rings. The predicted molar refractivity (Wildman–Crippen MR) is 131 cm³/mol. The van der Waals surface area contributed by atoms with Crippen LogP contribution in [-0.2, 0) is 13.3 Å². The van der Waals surface area contributed by atoms with E-state index < -0.39 is 25.3 Å². The van der Waals surface area contributed by atoms with Crippen molar-refractivity contribution in [3.63, 3.8) is 0 Å². The Hall–Kier alpha value is 0.491. The largest absolute Gasteiger partial charge is 0.517 e. The summed E-state index contributed by atoms with van der Waals surface area (Å²) in [4.78, 5) is 0. The fourth-order valence-electron chi connectivity index (χ4n) is 3.81. The molecule has 0 rings (SSSR count). The second-order valence-corrected chi connectivity index (χ2v) is 24.2. The van der Waals surface area contributed by atoms with Crippen LogP contribution in [0.15, 0.2) is 0 Å². The minimum absolute atomic E-state index is 0.203. The molecule has 170 valence electrons. The third-order valence-corrected chi connectivity index (χ3v) is 24.8. The van der Waals surface area contributed by atoms with Gasteiger partial charge in [0.15, 0.2) is 0 Å². The summed E-state index contributed by atoms with van der Waals surface area (Å²) in [5, 5.41) is 0.474. The topological polar surface area (TPSA) is 30.9 Å². The highest BCUT2D eigenvalue weighted by atomic mass is 28.4. The molecule has 0 aromatic heterocycles. The van der Waals surface area contributed by atoms with Crippen LogP contribution in [0.4, 0.5) is 0 Å². The van der Waals surface area contributed by atoms with Gasteiger partial charge >= 0.3 is 8.80 Å². The van der Waals surface area contributed by atoms with Gasteiger partial charge in [-0.15, -0.1) is 0 Å². The molecule has 0 saturated heterocycles. The molecule has 0 N–H and O–H groups in total.